The molecular weight excluding hydrogens is 509 g/mol. The summed E-state index contributed by atoms with van der Waals surface area (Å²) in [7, 11) is 1.61. The first kappa shape index (κ1) is 26.1. The second kappa shape index (κ2) is 11.0. The third kappa shape index (κ3) is 5.08. The van der Waals surface area contributed by atoms with Crippen molar-refractivity contribution in [2.24, 2.45) is 5.92 Å². The summed E-state index contributed by atoms with van der Waals surface area (Å²) in [4.78, 5) is 39.8. The van der Waals surface area contributed by atoms with Crippen LogP contribution in [0.3, 0.4) is 0 Å². The Morgan fingerprint density at radius 2 is 1.82 bits per heavy atom. The van der Waals surface area contributed by atoms with E-state index in [4.69, 9.17) is 16.3 Å². The Labute approximate surface area is 225 Å². The molecule has 0 spiro atoms. The summed E-state index contributed by atoms with van der Waals surface area (Å²) in [6.45, 7) is 2.15. The van der Waals surface area contributed by atoms with Gasteiger partial charge in [-0.25, -0.2) is 19.2 Å². The number of aromatic nitrogens is 2. The SMILES string of the molecule is CN(C(=O)Oc1ccc(F)cc1)[C@]1(C(=O)C2CCN(c3ccncn3)CC2)CNC[C@H]1c1ccc(Cl)cc1. The van der Waals surface area contributed by atoms with E-state index in [-0.39, 0.29) is 23.4 Å². The Hall–Kier alpha value is -3.56. The molecule has 2 aromatic carbocycles. The third-order valence-corrected chi connectivity index (χ3v) is 7.92. The highest BCUT2D eigenvalue weighted by Gasteiger charge is 2.56. The Balaban J connectivity index is 1.43. The Morgan fingerprint density at radius 1 is 1.11 bits per heavy atom. The van der Waals surface area contributed by atoms with E-state index in [1.54, 1.807) is 25.4 Å². The number of hydrogen-bond donors (Lipinski definition) is 1. The quantitative estimate of drug-likeness (QED) is 0.501. The molecule has 2 aliphatic heterocycles. The van der Waals surface area contributed by atoms with E-state index in [2.05, 4.69) is 20.2 Å². The molecule has 2 saturated heterocycles. The molecule has 0 bridgehead atoms. The number of likely N-dealkylation sites (N-methyl/N-ethyl adjacent to an activating group) is 1. The molecule has 0 radical (unpaired) electrons. The number of Topliss-reactive ketones (excluding diaryl/α,β-unsaturated/α-hetero) is 1. The summed E-state index contributed by atoms with van der Waals surface area (Å²) >= 11 is 6.14. The van der Waals surface area contributed by atoms with Crippen molar-refractivity contribution < 1.29 is 18.7 Å². The number of ether oxygens (including phenoxy) is 1. The van der Waals surface area contributed by atoms with Crippen LogP contribution < -0.4 is 15.0 Å². The number of piperidine rings is 1. The molecule has 8 nitrogen and oxygen atoms in total. The lowest BCUT2D eigenvalue weighted by Gasteiger charge is -2.44. The van der Waals surface area contributed by atoms with Crippen LogP contribution in [-0.4, -0.2) is 65.5 Å². The summed E-state index contributed by atoms with van der Waals surface area (Å²) in [5, 5.41) is 3.95. The van der Waals surface area contributed by atoms with Gasteiger partial charge in [-0.05, 0) is 60.9 Å². The molecule has 0 aliphatic carbocycles. The maximum Gasteiger partial charge on any atom is 0.415 e. The zero-order valence-electron chi connectivity index (χ0n) is 21.0. The average molecular weight is 538 g/mol. The number of ketones is 1. The Kier molecular flexibility index (Phi) is 7.58. The van der Waals surface area contributed by atoms with Gasteiger partial charge < -0.3 is 15.0 Å². The molecule has 3 aromatic rings. The molecule has 38 heavy (non-hydrogen) atoms. The largest absolute Gasteiger partial charge is 0.415 e. The third-order valence-electron chi connectivity index (χ3n) is 7.67. The number of carbonyl (C=O) groups is 2. The van der Waals surface area contributed by atoms with Crippen molar-refractivity contribution in [2.75, 3.05) is 38.1 Å². The lowest BCUT2D eigenvalue weighted by molar-refractivity contribution is -0.134. The van der Waals surface area contributed by atoms with Crippen molar-refractivity contribution in [3.8, 4) is 5.75 Å². The number of halogens is 2. The van der Waals surface area contributed by atoms with Crippen molar-refractivity contribution >= 4 is 29.3 Å². The number of nitrogens with one attached hydrogen (secondary N) is 1. The van der Waals surface area contributed by atoms with Gasteiger partial charge in [0.15, 0.2) is 5.78 Å². The highest BCUT2D eigenvalue weighted by molar-refractivity contribution is 6.30. The predicted octanol–water partition coefficient (Wildman–Crippen LogP) is 4.31. The molecule has 0 saturated carbocycles. The number of rotatable bonds is 6. The Bertz CT molecular complexity index is 1270. The molecule has 2 fully saturated rings. The molecule has 198 valence electrons. The molecule has 3 heterocycles. The van der Waals surface area contributed by atoms with Crippen LogP contribution in [0.25, 0.3) is 0 Å². The summed E-state index contributed by atoms with van der Waals surface area (Å²) in [6.07, 6.45) is 3.82. The lowest BCUT2D eigenvalue weighted by Crippen LogP contribution is -2.62. The van der Waals surface area contributed by atoms with Gasteiger partial charge in [0.25, 0.3) is 0 Å². The van der Waals surface area contributed by atoms with Gasteiger partial charge in [0.1, 0.15) is 29.3 Å². The normalized spacial score (nSPS) is 21.8. The molecule has 2 atom stereocenters. The number of benzene rings is 2. The second-order valence-electron chi connectivity index (χ2n) is 9.73. The monoisotopic (exact) mass is 537 g/mol. The smallest absolute Gasteiger partial charge is 0.410 e. The van der Waals surface area contributed by atoms with Gasteiger partial charge in [-0.3, -0.25) is 9.69 Å². The van der Waals surface area contributed by atoms with E-state index in [1.807, 2.05) is 18.2 Å². The molecular formula is C28H29ClFN5O3. The summed E-state index contributed by atoms with van der Waals surface area (Å²) in [5.74, 6) is 0.0613. The van der Waals surface area contributed by atoms with Crippen molar-refractivity contribution in [1.82, 2.24) is 20.2 Å². The molecule has 1 aromatic heterocycles. The standard InChI is InChI=1S/C28H29ClFN5O3/c1-34(27(37)38-23-8-6-22(30)7-9-23)28(17-32-16-24(28)19-2-4-21(29)5-3-19)26(36)20-11-14-35(15-12-20)25-10-13-31-18-33-25/h2-10,13,18,20,24,32H,11-12,14-17H2,1H3/t24-,28+/m0/s1. The van der Waals surface area contributed by atoms with Crippen LogP contribution in [0.5, 0.6) is 5.75 Å². The van der Waals surface area contributed by atoms with E-state index >= 15 is 0 Å². The van der Waals surface area contributed by atoms with Crippen LogP contribution in [0, 0.1) is 11.7 Å². The lowest BCUT2D eigenvalue weighted by atomic mass is 9.72. The maximum absolute atomic E-state index is 14.4. The molecule has 10 heteroatoms. The van der Waals surface area contributed by atoms with Crippen molar-refractivity contribution in [3.05, 3.63) is 83.5 Å². The highest BCUT2D eigenvalue weighted by Crippen LogP contribution is 2.41. The minimum absolute atomic E-state index is 0.00310. The number of hydrogen-bond acceptors (Lipinski definition) is 7. The number of nitrogens with zero attached hydrogens (tertiary/aromatic N) is 4. The van der Waals surface area contributed by atoms with Crippen LogP contribution in [-0.2, 0) is 4.79 Å². The molecule has 1 N–H and O–H groups in total. The first-order valence-corrected chi connectivity index (χ1v) is 13.0. The van der Waals surface area contributed by atoms with Gasteiger partial charge in [0.05, 0.1) is 0 Å². The fourth-order valence-corrected chi connectivity index (χ4v) is 5.72. The zero-order valence-corrected chi connectivity index (χ0v) is 21.8. The van der Waals surface area contributed by atoms with Gasteiger partial charge in [0.2, 0.25) is 0 Å². The molecule has 0 unspecified atom stereocenters. The first-order chi connectivity index (χ1) is 18.4. The van der Waals surface area contributed by atoms with Crippen LogP contribution >= 0.6 is 11.6 Å². The van der Waals surface area contributed by atoms with Crippen LogP contribution in [0.2, 0.25) is 5.02 Å². The van der Waals surface area contributed by atoms with Gasteiger partial charge in [0, 0.05) is 56.3 Å². The van der Waals surface area contributed by atoms with Gasteiger partial charge >= 0.3 is 6.09 Å². The minimum Gasteiger partial charge on any atom is -0.410 e. The maximum atomic E-state index is 14.4. The van der Waals surface area contributed by atoms with E-state index < -0.39 is 17.4 Å². The zero-order chi connectivity index (χ0) is 26.7. The van der Waals surface area contributed by atoms with Gasteiger partial charge in [-0.2, -0.15) is 0 Å². The van der Waals surface area contributed by atoms with Crippen molar-refractivity contribution in [3.63, 3.8) is 0 Å². The van der Waals surface area contributed by atoms with Gasteiger partial charge in [-0.15, -0.1) is 0 Å². The molecule has 2 aliphatic rings. The summed E-state index contributed by atoms with van der Waals surface area (Å²) in [5.41, 5.74) is -0.264. The van der Waals surface area contributed by atoms with E-state index in [9.17, 15) is 14.0 Å². The van der Waals surface area contributed by atoms with Crippen LogP contribution in [0.15, 0.2) is 67.1 Å². The number of anilines is 1. The van der Waals surface area contributed by atoms with Crippen molar-refractivity contribution in [2.45, 2.75) is 24.3 Å². The fraction of sp³-hybridized carbons (Fsp3) is 0.357. The van der Waals surface area contributed by atoms with E-state index in [0.717, 1.165) is 11.4 Å². The first-order valence-electron chi connectivity index (χ1n) is 12.6. The van der Waals surface area contributed by atoms with Crippen LogP contribution in [0.1, 0.15) is 24.3 Å². The van der Waals surface area contributed by atoms with E-state index in [1.165, 1.54) is 35.5 Å². The fourth-order valence-electron chi connectivity index (χ4n) is 5.59. The molecule has 5 rings (SSSR count). The minimum atomic E-state index is -1.17. The topological polar surface area (TPSA) is 87.7 Å². The second-order valence-corrected chi connectivity index (χ2v) is 10.2. The summed E-state index contributed by atoms with van der Waals surface area (Å²) < 4.78 is 19.0. The van der Waals surface area contributed by atoms with Gasteiger partial charge in [-0.1, -0.05) is 23.7 Å². The van der Waals surface area contributed by atoms with Crippen LogP contribution in [0.4, 0.5) is 15.0 Å². The number of amides is 1. The molecule has 1 amide bonds. The predicted molar refractivity (Wildman–Crippen MR) is 142 cm³/mol. The average Bonchev–Trinajstić information content (AvgIpc) is 3.40. The Morgan fingerprint density at radius 3 is 2.47 bits per heavy atom. The highest BCUT2D eigenvalue weighted by atomic mass is 35.5. The number of carbonyl (C=O) groups excluding carboxylic acids is 2. The van der Waals surface area contributed by atoms with Crippen molar-refractivity contribution in [1.29, 1.82) is 0 Å². The van der Waals surface area contributed by atoms with E-state index in [0.29, 0.717) is 44.0 Å². The summed E-state index contributed by atoms with van der Waals surface area (Å²) in [6, 6.07) is 14.5.